The fourth-order valence-electron chi connectivity index (χ4n) is 2.75. The number of halogens is 1. The van der Waals surface area contributed by atoms with Crippen molar-refractivity contribution in [2.75, 3.05) is 50.6 Å². The first kappa shape index (κ1) is 20.1. The van der Waals surface area contributed by atoms with Gasteiger partial charge in [-0.3, -0.25) is 14.5 Å². The van der Waals surface area contributed by atoms with Crippen molar-refractivity contribution >= 4 is 34.8 Å². The minimum atomic E-state index is -0.333. The van der Waals surface area contributed by atoms with Crippen molar-refractivity contribution < 1.29 is 19.1 Å². The van der Waals surface area contributed by atoms with Gasteiger partial charge in [0.1, 0.15) is 10.9 Å². The minimum absolute atomic E-state index is 0.162. The molecule has 1 aromatic heterocycles. The van der Waals surface area contributed by atoms with E-state index in [1.807, 2.05) is 4.90 Å². The first-order valence-corrected chi connectivity index (χ1v) is 9.14. The van der Waals surface area contributed by atoms with E-state index in [0.29, 0.717) is 41.1 Å². The van der Waals surface area contributed by atoms with Crippen LogP contribution < -0.4 is 15.4 Å². The predicted octanol–water partition coefficient (Wildman–Crippen LogP) is 2.27. The molecule has 2 heterocycles. The highest BCUT2D eigenvalue weighted by atomic mass is 35.5. The standard InChI is InChI=1S/C19H21ClN4O4/c1-27-16-4-3-14(22-19(26)13-2-5-17(20)21-11-13)10-15(16)23-18(25)12-24-6-8-28-9-7-24/h2-5,10-11H,6-9,12H2,1H3,(H,22,26)(H,23,25). The maximum Gasteiger partial charge on any atom is 0.257 e. The number of aromatic nitrogens is 1. The molecule has 1 fully saturated rings. The zero-order valence-corrected chi connectivity index (χ0v) is 16.2. The number of hydrogen-bond donors (Lipinski definition) is 2. The van der Waals surface area contributed by atoms with Crippen molar-refractivity contribution in [1.29, 1.82) is 0 Å². The predicted molar refractivity (Wildman–Crippen MR) is 106 cm³/mol. The normalized spacial score (nSPS) is 14.4. The highest BCUT2D eigenvalue weighted by Crippen LogP contribution is 2.28. The van der Waals surface area contributed by atoms with Gasteiger partial charge in [0.25, 0.3) is 5.91 Å². The van der Waals surface area contributed by atoms with E-state index in [1.165, 1.54) is 13.3 Å². The lowest BCUT2D eigenvalue weighted by molar-refractivity contribution is -0.118. The van der Waals surface area contributed by atoms with Gasteiger partial charge >= 0.3 is 0 Å². The Hall–Kier alpha value is -2.68. The molecule has 1 aliphatic heterocycles. The van der Waals surface area contributed by atoms with Gasteiger partial charge in [0.2, 0.25) is 5.91 Å². The van der Waals surface area contributed by atoms with Gasteiger partial charge in [-0.2, -0.15) is 0 Å². The second kappa shape index (κ2) is 9.50. The van der Waals surface area contributed by atoms with Crippen molar-refractivity contribution in [3.63, 3.8) is 0 Å². The summed E-state index contributed by atoms with van der Waals surface area (Å²) in [5.74, 6) is 0.00647. The summed E-state index contributed by atoms with van der Waals surface area (Å²) in [6, 6.07) is 8.15. The Balaban J connectivity index is 1.67. The summed E-state index contributed by atoms with van der Waals surface area (Å²) in [6.45, 7) is 2.94. The number of methoxy groups -OCH3 is 1. The Morgan fingerprint density at radius 1 is 1.21 bits per heavy atom. The van der Waals surface area contributed by atoms with Gasteiger partial charge in [-0.1, -0.05) is 11.6 Å². The summed E-state index contributed by atoms with van der Waals surface area (Å²) in [7, 11) is 1.52. The third-order valence-electron chi connectivity index (χ3n) is 4.19. The lowest BCUT2D eigenvalue weighted by Gasteiger charge is -2.26. The third kappa shape index (κ3) is 5.41. The van der Waals surface area contributed by atoms with Crippen LogP contribution in [0.1, 0.15) is 10.4 Å². The number of carbonyl (C=O) groups is 2. The Bertz CT molecular complexity index is 838. The molecule has 0 unspecified atom stereocenters. The van der Waals surface area contributed by atoms with Crippen LogP contribution in [0.25, 0.3) is 0 Å². The maximum absolute atomic E-state index is 12.4. The van der Waals surface area contributed by atoms with E-state index in [4.69, 9.17) is 21.1 Å². The molecule has 0 bridgehead atoms. The first-order valence-electron chi connectivity index (χ1n) is 8.76. The quantitative estimate of drug-likeness (QED) is 0.717. The van der Waals surface area contributed by atoms with Crippen molar-refractivity contribution in [2.45, 2.75) is 0 Å². The molecule has 28 heavy (non-hydrogen) atoms. The summed E-state index contributed by atoms with van der Waals surface area (Å²) in [6.07, 6.45) is 1.40. The number of morpholine rings is 1. The number of nitrogens with zero attached hydrogens (tertiary/aromatic N) is 2. The van der Waals surface area contributed by atoms with Gasteiger partial charge < -0.3 is 20.1 Å². The van der Waals surface area contributed by atoms with Crippen LogP contribution in [0.2, 0.25) is 5.15 Å². The molecule has 0 atom stereocenters. The number of carbonyl (C=O) groups excluding carboxylic acids is 2. The second-order valence-electron chi connectivity index (χ2n) is 6.18. The topological polar surface area (TPSA) is 92.8 Å². The molecule has 1 aliphatic rings. The average molecular weight is 405 g/mol. The fourth-order valence-corrected chi connectivity index (χ4v) is 2.86. The van der Waals surface area contributed by atoms with Gasteiger partial charge in [-0.05, 0) is 30.3 Å². The number of nitrogens with one attached hydrogen (secondary N) is 2. The fraction of sp³-hybridized carbons (Fsp3) is 0.316. The van der Waals surface area contributed by atoms with E-state index in [-0.39, 0.29) is 18.4 Å². The van der Waals surface area contributed by atoms with E-state index >= 15 is 0 Å². The van der Waals surface area contributed by atoms with E-state index in [1.54, 1.807) is 30.3 Å². The van der Waals surface area contributed by atoms with Gasteiger partial charge in [0.05, 0.1) is 38.1 Å². The number of pyridine rings is 1. The van der Waals surface area contributed by atoms with Crippen LogP contribution in [0, 0.1) is 0 Å². The number of anilines is 2. The van der Waals surface area contributed by atoms with E-state index in [9.17, 15) is 9.59 Å². The van der Waals surface area contributed by atoms with Crippen LogP contribution >= 0.6 is 11.6 Å². The molecule has 1 saturated heterocycles. The minimum Gasteiger partial charge on any atom is -0.495 e. The first-order chi connectivity index (χ1) is 13.5. The van der Waals surface area contributed by atoms with Crippen LogP contribution in [0.3, 0.4) is 0 Å². The number of amides is 2. The average Bonchev–Trinajstić information content (AvgIpc) is 2.69. The van der Waals surface area contributed by atoms with E-state index in [2.05, 4.69) is 15.6 Å². The zero-order valence-electron chi connectivity index (χ0n) is 15.4. The van der Waals surface area contributed by atoms with E-state index in [0.717, 1.165) is 13.1 Å². The Labute approximate surface area is 167 Å². The Morgan fingerprint density at radius 3 is 2.68 bits per heavy atom. The van der Waals surface area contributed by atoms with Gasteiger partial charge in [0.15, 0.2) is 0 Å². The van der Waals surface area contributed by atoms with Crippen molar-refractivity contribution in [1.82, 2.24) is 9.88 Å². The maximum atomic E-state index is 12.4. The van der Waals surface area contributed by atoms with E-state index < -0.39 is 0 Å². The van der Waals surface area contributed by atoms with Crippen LogP contribution in [0.15, 0.2) is 36.5 Å². The molecule has 9 heteroatoms. The smallest absolute Gasteiger partial charge is 0.257 e. The molecule has 2 amide bonds. The SMILES string of the molecule is COc1ccc(NC(=O)c2ccc(Cl)nc2)cc1NC(=O)CN1CCOCC1. The lowest BCUT2D eigenvalue weighted by atomic mass is 10.2. The van der Waals surface area contributed by atoms with Crippen LogP contribution in [-0.4, -0.2) is 61.7 Å². The summed E-state index contributed by atoms with van der Waals surface area (Å²) < 4.78 is 10.6. The van der Waals surface area contributed by atoms with Crippen LogP contribution in [0.4, 0.5) is 11.4 Å². The third-order valence-corrected chi connectivity index (χ3v) is 4.42. The van der Waals surface area contributed by atoms with Crippen molar-refractivity contribution in [3.05, 3.63) is 47.2 Å². The number of hydrogen-bond acceptors (Lipinski definition) is 6. The Morgan fingerprint density at radius 2 is 2.00 bits per heavy atom. The number of rotatable bonds is 6. The second-order valence-corrected chi connectivity index (χ2v) is 6.56. The molecule has 148 valence electrons. The van der Waals surface area contributed by atoms with Gasteiger partial charge in [-0.25, -0.2) is 4.98 Å². The summed E-state index contributed by atoms with van der Waals surface area (Å²) in [5, 5.41) is 5.92. The number of benzene rings is 1. The molecule has 0 aliphatic carbocycles. The molecule has 8 nitrogen and oxygen atoms in total. The monoisotopic (exact) mass is 404 g/mol. The molecule has 0 radical (unpaired) electrons. The molecule has 1 aromatic carbocycles. The van der Waals surface area contributed by atoms with Crippen LogP contribution in [0.5, 0.6) is 5.75 Å². The Kier molecular flexibility index (Phi) is 6.80. The zero-order chi connectivity index (χ0) is 19.9. The number of ether oxygens (including phenoxy) is 2. The van der Waals surface area contributed by atoms with Gasteiger partial charge in [0, 0.05) is 25.0 Å². The summed E-state index contributed by atoms with van der Waals surface area (Å²) >= 11 is 5.74. The molecule has 0 spiro atoms. The molecule has 3 rings (SSSR count). The van der Waals surface area contributed by atoms with Gasteiger partial charge in [-0.15, -0.1) is 0 Å². The largest absolute Gasteiger partial charge is 0.495 e. The molecule has 2 aromatic rings. The molecule has 0 saturated carbocycles. The van der Waals surface area contributed by atoms with Crippen molar-refractivity contribution in [3.8, 4) is 5.75 Å². The van der Waals surface area contributed by atoms with Crippen LogP contribution in [-0.2, 0) is 9.53 Å². The summed E-state index contributed by atoms with van der Waals surface area (Å²) in [5.41, 5.74) is 1.37. The van der Waals surface area contributed by atoms with Crippen molar-refractivity contribution in [2.24, 2.45) is 0 Å². The highest BCUT2D eigenvalue weighted by molar-refractivity contribution is 6.29. The molecular weight excluding hydrogens is 384 g/mol. The summed E-state index contributed by atoms with van der Waals surface area (Å²) in [4.78, 5) is 30.6. The molecule has 2 N–H and O–H groups in total. The molecular formula is C19H21ClN4O4. The highest BCUT2D eigenvalue weighted by Gasteiger charge is 2.16. The lowest BCUT2D eigenvalue weighted by Crippen LogP contribution is -2.41.